The number of nitrogens with zero attached hydrogens (tertiary/aromatic N) is 1. The van der Waals surface area contributed by atoms with Gasteiger partial charge in [0.25, 0.3) is 0 Å². The molecule has 8 nitrogen and oxygen atoms in total. The van der Waals surface area contributed by atoms with Crippen LogP contribution >= 0.6 is 7.82 Å². The number of allylic oxidation sites excluding steroid dienone is 5. The van der Waals surface area contributed by atoms with Gasteiger partial charge in [-0.2, -0.15) is 0 Å². The lowest BCUT2D eigenvalue weighted by Crippen LogP contribution is -2.45. The van der Waals surface area contributed by atoms with Crippen LogP contribution in [0.2, 0.25) is 0 Å². The second-order valence-corrected chi connectivity index (χ2v) is 18.9. The topological polar surface area (TPSA) is 105 Å². The lowest BCUT2D eigenvalue weighted by Gasteiger charge is -2.25. The second kappa shape index (κ2) is 40.1. The number of hydrogen-bond acceptors (Lipinski definition) is 5. The molecule has 0 heterocycles. The number of amides is 1. The first kappa shape index (κ1) is 55.7. The van der Waals surface area contributed by atoms with E-state index in [9.17, 15) is 19.4 Å². The molecule has 0 saturated heterocycles. The molecule has 0 aromatic carbocycles. The quantitative estimate of drug-likeness (QED) is 0.0245. The molecule has 0 rings (SSSR count). The smallest absolute Gasteiger partial charge is 0.387 e. The fraction of sp³-hybridized carbons (Fsp3) is 0.854. The summed E-state index contributed by atoms with van der Waals surface area (Å²) in [6.45, 7) is 4.78. The first-order valence-corrected chi connectivity index (χ1v) is 25.4. The van der Waals surface area contributed by atoms with Crippen LogP contribution in [0, 0.1) is 0 Å². The van der Waals surface area contributed by atoms with Crippen molar-refractivity contribution in [1.82, 2.24) is 5.32 Å². The number of hydrogen-bond donors (Lipinski definition) is 3. The predicted molar refractivity (Wildman–Crippen MR) is 244 cm³/mol. The zero-order valence-electron chi connectivity index (χ0n) is 38.1. The summed E-state index contributed by atoms with van der Waals surface area (Å²) in [4.78, 5) is 23.1. The Kier molecular flexibility index (Phi) is 39.2. The molecule has 0 aromatic rings. The highest BCUT2D eigenvalue weighted by molar-refractivity contribution is 7.47. The third kappa shape index (κ3) is 42.6. The number of phosphoric acid groups is 1. The standard InChI is InChI=1S/C48H93N2O6P/c1-6-8-10-12-14-16-18-20-21-22-23-24-25-26-27-28-30-32-34-36-38-40-42-48(52)49-46(45-56-57(53,54)55-44-43-50(3,4)5)47(51)41-39-37-35-33-31-29-19-17-15-13-11-9-7-2/h25-26,31,33,39,41,46-47,51H,6-24,27-30,32,34-38,40,42-45H2,1-5H3,(H-,49,52,53,54)/p+1/b26-25-,33-31+,41-39+. The van der Waals surface area contributed by atoms with Crippen molar-refractivity contribution in [3.8, 4) is 0 Å². The number of carbonyl (C=O) groups excluding carboxylic acids is 1. The Bertz CT molecular complexity index is 1030. The van der Waals surface area contributed by atoms with Crippen molar-refractivity contribution < 1.29 is 32.9 Å². The van der Waals surface area contributed by atoms with Crippen molar-refractivity contribution in [3.05, 3.63) is 36.5 Å². The minimum Gasteiger partial charge on any atom is -0.387 e. The summed E-state index contributed by atoms with van der Waals surface area (Å²) in [6, 6.07) is -0.863. The molecule has 9 heteroatoms. The first-order valence-electron chi connectivity index (χ1n) is 23.9. The third-order valence-electron chi connectivity index (χ3n) is 10.6. The SMILES string of the molecule is CCCCCCCCC/C=C/CC/C=C/C(O)C(COP(=O)(O)OCC[N+](C)(C)C)NC(=O)CCCCCCCCC/C=C\CCCCCCCCCCCCC. The van der Waals surface area contributed by atoms with Crippen molar-refractivity contribution in [1.29, 1.82) is 0 Å². The van der Waals surface area contributed by atoms with Gasteiger partial charge in [0.1, 0.15) is 13.2 Å². The van der Waals surface area contributed by atoms with E-state index in [0.29, 0.717) is 17.4 Å². The summed E-state index contributed by atoms with van der Waals surface area (Å²) in [5.41, 5.74) is 0. The highest BCUT2D eigenvalue weighted by atomic mass is 31.2. The van der Waals surface area contributed by atoms with Crippen LogP contribution in [0.25, 0.3) is 0 Å². The summed E-state index contributed by atoms with van der Waals surface area (Å²) >= 11 is 0. The largest absolute Gasteiger partial charge is 0.472 e. The van der Waals surface area contributed by atoms with Gasteiger partial charge in [-0.1, -0.05) is 185 Å². The zero-order chi connectivity index (χ0) is 42.1. The van der Waals surface area contributed by atoms with Crippen LogP contribution in [0.3, 0.4) is 0 Å². The van der Waals surface area contributed by atoms with E-state index < -0.39 is 20.0 Å². The van der Waals surface area contributed by atoms with Gasteiger partial charge >= 0.3 is 7.82 Å². The molecule has 0 aliphatic heterocycles. The lowest BCUT2D eigenvalue weighted by molar-refractivity contribution is -0.870. The Morgan fingerprint density at radius 3 is 1.40 bits per heavy atom. The van der Waals surface area contributed by atoms with E-state index in [1.807, 2.05) is 27.2 Å². The maximum Gasteiger partial charge on any atom is 0.472 e. The molecule has 336 valence electrons. The van der Waals surface area contributed by atoms with Crippen molar-refractivity contribution >= 4 is 13.7 Å². The molecule has 0 aromatic heterocycles. The maximum atomic E-state index is 12.9. The summed E-state index contributed by atoms with van der Waals surface area (Å²) < 4.78 is 23.5. The number of phosphoric ester groups is 1. The van der Waals surface area contributed by atoms with Crippen LogP contribution in [0.15, 0.2) is 36.5 Å². The molecule has 57 heavy (non-hydrogen) atoms. The number of aliphatic hydroxyl groups excluding tert-OH is 1. The molecule has 0 fully saturated rings. The number of unbranched alkanes of at least 4 members (excludes halogenated alkanes) is 26. The van der Waals surface area contributed by atoms with Crippen LogP contribution in [0.5, 0.6) is 0 Å². The molecular weight excluding hydrogens is 732 g/mol. The van der Waals surface area contributed by atoms with Gasteiger partial charge in [0, 0.05) is 6.42 Å². The van der Waals surface area contributed by atoms with E-state index >= 15 is 0 Å². The monoisotopic (exact) mass is 826 g/mol. The number of likely N-dealkylation sites (N-methyl/N-ethyl adjacent to an activating group) is 1. The Balaban J connectivity index is 4.33. The number of quaternary nitrogens is 1. The first-order chi connectivity index (χ1) is 27.5. The van der Waals surface area contributed by atoms with Crippen molar-refractivity contribution in [3.63, 3.8) is 0 Å². The Hall–Kier alpha value is -1.28. The Morgan fingerprint density at radius 1 is 0.579 bits per heavy atom. The van der Waals surface area contributed by atoms with Gasteiger partial charge in [-0.3, -0.25) is 13.8 Å². The third-order valence-corrected chi connectivity index (χ3v) is 11.6. The highest BCUT2D eigenvalue weighted by Crippen LogP contribution is 2.43. The van der Waals surface area contributed by atoms with Gasteiger partial charge in [-0.05, 0) is 57.8 Å². The van der Waals surface area contributed by atoms with Gasteiger partial charge in [-0.15, -0.1) is 0 Å². The molecule has 0 bridgehead atoms. The summed E-state index contributed by atoms with van der Waals surface area (Å²) in [5.74, 6) is -0.192. The minimum atomic E-state index is -4.35. The predicted octanol–water partition coefficient (Wildman–Crippen LogP) is 13.5. The normalized spacial score (nSPS) is 14.6. The van der Waals surface area contributed by atoms with Crippen LogP contribution in [0.4, 0.5) is 0 Å². The average Bonchev–Trinajstić information content (AvgIpc) is 3.16. The average molecular weight is 826 g/mol. The van der Waals surface area contributed by atoms with Crippen molar-refractivity contribution in [2.75, 3.05) is 40.9 Å². The van der Waals surface area contributed by atoms with Gasteiger partial charge in [-0.25, -0.2) is 4.57 Å². The van der Waals surface area contributed by atoms with Gasteiger partial charge in [0.05, 0.1) is 39.9 Å². The van der Waals surface area contributed by atoms with Crippen molar-refractivity contribution in [2.24, 2.45) is 0 Å². The molecule has 0 spiro atoms. The van der Waals surface area contributed by atoms with Crippen LogP contribution in [-0.4, -0.2) is 73.4 Å². The van der Waals surface area contributed by atoms with E-state index in [2.05, 4.69) is 43.5 Å². The molecular formula is C48H94N2O6P+. The highest BCUT2D eigenvalue weighted by Gasteiger charge is 2.27. The van der Waals surface area contributed by atoms with Crippen LogP contribution in [-0.2, 0) is 18.4 Å². The van der Waals surface area contributed by atoms with Crippen LogP contribution < -0.4 is 5.32 Å². The number of rotatable bonds is 43. The lowest BCUT2D eigenvalue weighted by atomic mass is 10.0. The van der Waals surface area contributed by atoms with Crippen LogP contribution in [0.1, 0.15) is 213 Å². The Labute approximate surface area is 353 Å². The van der Waals surface area contributed by atoms with E-state index in [1.165, 1.54) is 154 Å². The zero-order valence-corrected chi connectivity index (χ0v) is 39.0. The molecule has 0 aliphatic carbocycles. The van der Waals surface area contributed by atoms with Gasteiger partial charge in [0.15, 0.2) is 0 Å². The number of carbonyl (C=O) groups is 1. The summed E-state index contributed by atoms with van der Waals surface area (Å²) in [7, 11) is 1.55. The molecule has 3 N–H and O–H groups in total. The number of aliphatic hydroxyl groups is 1. The Morgan fingerprint density at radius 2 is 0.965 bits per heavy atom. The van der Waals surface area contributed by atoms with E-state index in [0.717, 1.165) is 38.5 Å². The van der Waals surface area contributed by atoms with Crippen molar-refractivity contribution in [2.45, 2.75) is 225 Å². The summed E-state index contributed by atoms with van der Waals surface area (Å²) in [6.07, 6.45) is 49.4. The molecule has 0 aliphatic rings. The maximum absolute atomic E-state index is 12.9. The fourth-order valence-electron chi connectivity index (χ4n) is 6.76. The fourth-order valence-corrected chi connectivity index (χ4v) is 7.49. The molecule has 1 amide bonds. The molecule has 3 atom stereocenters. The summed E-state index contributed by atoms with van der Waals surface area (Å²) in [5, 5.41) is 13.8. The van der Waals surface area contributed by atoms with E-state index in [1.54, 1.807) is 6.08 Å². The molecule has 0 radical (unpaired) electrons. The second-order valence-electron chi connectivity index (χ2n) is 17.5. The molecule has 3 unspecified atom stereocenters. The van der Waals surface area contributed by atoms with Gasteiger partial charge < -0.3 is 19.8 Å². The molecule has 0 saturated carbocycles. The van der Waals surface area contributed by atoms with E-state index in [4.69, 9.17) is 9.05 Å². The minimum absolute atomic E-state index is 0.0553. The van der Waals surface area contributed by atoms with E-state index in [-0.39, 0.29) is 19.1 Å². The van der Waals surface area contributed by atoms with Gasteiger partial charge in [0.2, 0.25) is 5.91 Å². The number of nitrogens with one attached hydrogen (secondary N) is 1.